The van der Waals surface area contributed by atoms with Crippen molar-refractivity contribution < 1.29 is 14.9 Å². The summed E-state index contributed by atoms with van der Waals surface area (Å²) in [5, 5.41) is 21.8. The van der Waals surface area contributed by atoms with Gasteiger partial charge in [-0.3, -0.25) is 0 Å². The molecule has 4 nitrogen and oxygen atoms in total. The Morgan fingerprint density at radius 2 is 2.07 bits per heavy atom. The van der Waals surface area contributed by atoms with Gasteiger partial charge in [0.25, 0.3) is 0 Å². The van der Waals surface area contributed by atoms with Crippen LogP contribution in [0, 0.1) is 5.92 Å². The Balaban J connectivity index is 1.43. The lowest BCUT2D eigenvalue weighted by molar-refractivity contribution is 0.0200. The van der Waals surface area contributed by atoms with Crippen molar-refractivity contribution in [3.63, 3.8) is 0 Å². The number of rotatable bonds is 7. The van der Waals surface area contributed by atoms with Crippen LogP contribution in [0.1, 0.15) is 25.7 Å². The molecule has 2 saturated carbocycles. The second-order valence-corrected chi connectivity index (χ2v) is 4.87. The average Bonchev–Trinajstić information content (AvgIpc) is 2.94. The van der Waals surface area contributed by atoms with Gasteiger partial charge in [-0.05, 0) is 31.6 Å². The van der Waals surface area contributed by atoms with Crippen LogP contribution in [0.15, 0.2) is 0 Å². The highest BCUT2D eigenvalue weighted by Gasteiger charge is 2.27. The summed E-state index contributed by atoms with van der Waals surface area (Å²) >= 11 is 0. The monoisotopic (exact) mass is 215 g/mol. The lowest BCUT2D eigenvalue weighted by Crippen LogP contribution is -2.47. The van der Waals surface area contributed by atoms with Gasteiger partial charge in [-0.25, -0.2) is 0 Å². The molecule has 0 aromatic rings. The molecule has 2 aliphatic carbocycles. The molecule has 0 amide bonds. The summed E-state index contributed by atoms with van der Waals surface area (Å²) in [5.41, 5.74) is 0. The van der Waals surface area contributed by atoms with Crippen molar-refractivity contribution in [2.45, 2.75) is 43.9 Å². The van der Waals surface area contributed by atoms with Crippen LogP contribution in [0.5, 0.6) is 0 Å². The Kier molecular flexibility index (Phi) is 3.97. The minimum Gasteiger partial charge on any atom is -0.393 e. The van der Waals surface area contributed by atoms with E-state index in [1.807, 2.05) is 0 Å². The van der Waals surface area contributed by atoms with Crippen molar-refractivity contribution in [2.24, 2.45) is 5.92 Å². The van der Waals surface area contributed by atoms with Crippen LogP contribution in [-0.4, -0.2) is 48.2 Å². The SMILES string of the molecule is OC(CNC1CC(O)C1)COCC1CC1. The highest BCUT2D eigenvalue weighted by atomic mass is 16.5. The third-order valence-electron chi connectivity index (χ3n) is 3.12. The lowest BCUT2D eigenvalue weighted by Gasteiger charge is -2.32. The van der Waals surface area contributed by atoms with E-state index in [0.717, 1.165) is 25.4 Å². The number of hydrogen-bond acceptors (Lipinski definition) is 4. The van der Waals surface area contributed by atoms with Gasteiger partial charge in [0.1, 0.15) is 0 Å². The van der Waals surface area contributed by atoms with Crippen LogP contribution < -0.4 is 5.32 Å². The first-order chi connectivity index (χ1) is 7.24. The Labute approximate surface area is 90.6 Å². The molecule has 1 unspecified atom stereocenters. The van der Waals surface area contributed by atoms with Crippen LogP contribution >= 0.6 is 0 Å². The van der Waals surface area contributed by atoms with Gasteiger partial charge in [0, 0.05) is 19.2 Å². The summed E-state index contributed by atoms with van der Waals surface area (Å²) in [5.74, 6) is 0.756. The fourth-order valence-corrected chi connectivity index (χ4v) is 1.77. The van der Waals surface area contributed by atoms with E-state index in [2.05, 4.69) is 5.32 Å². The molecule has 0 aromatic carbocycles. The van der Waals surface area contributed by atoms with Crippen molar-refractivity contribution >= 4 is 0 Å². The molecule has 0 spiro atoms. The van der Waals surface area contributed by atoms with Crippen LogP contribution in [0.2, 0.25) is 0 Å². The molecule has 0 aliphatic heterocycles. The maximum absolute atomic E-state index is 9.57. The molecular formula is C11H21NO3. The number of nitrogens with one attached hydrogen (secondary N) is 1. The van der Waals surface area contributed by atoms with Crippen molar-refractivity contribution in [3.8, 4) is 0 Å². The zero-order valence-electron chi connectivity index (χ0n) is 9.06. The summed E-state index contributed by atoms with van der Waals surface area (Å²) in [6.07, 6.45) is 3.65. The van der Waals surface area contributed by atoms with Crippen LogP contribution in [-0.2, 0) is 4.74 Å². The highest BCUT2D eigenvalue weighted by molar-refractivity contribution is 4.85. The van der Waals surface area contributed by atoms with E-state index in [1.54, 1.807) is 0 Å². The summed E-state index contributed by atoms with van der Waals surface area (Å²) in [4.78, 5) is 0. The topological polar surface area (TPSA) is 61.7 Å². The quantitative estimate of drug-likeness (QED) is 0.554. The molecule has 0 heterocycles. The molecule has 2 rings (SSSR count). The maximum Gasteiger partial charge on any atom is 0.0897 e. The second-order valence-electron chi connectivity index (χ2n) is 4.87. The first kappa shape index (κ1) is 11.3. The number of ether oxygens (including phenoxy) is 1. The Morgan fingerprint density at radius 1 is 1.33 bits per heavy atom. The van der Waals surface area contributed by atoms with Crippen molar-refractivity contribution in [1.82, 2.24) is 5.32 Å². The van der Waals surface area contributed by atoms with E-state index < -0.39 is 6.10 Å². The minimum atomic E-state index is -0.415. The number of aliphatic hydroxyl groups excluding tert-OH is 2. The maximum atomic E-state index is 9.57. The van der Waals surface area contributed by atoms with Crippen molar-refractivity contribution in [2.75, 3.05) is 19.8 Å². The fourth-order valence-electron chi connectivity index (χ4n) is 1.77. The molecule has 0 radical (unpaired) electrons. The van der Waals surface area contributed by atoms with E-state index in [1.165, 1.54) is 12.8 Å². The molecule has 1 atom stereocenters. The Morgan fingerprint density at radius 3 is 2.67 bits per heavy atom. The van der Waals surface area contributed by atoms with Crippen LogP contribution in [0.25, 0.3) is 0 Å². The van der Waals surface area contributed by atoms with Gasteiger partial charge in [-0.1, -0.05) is 0 Å². The van der Waals surface area contributed by atoms with Gasteiger partial charge in [-0.2, -0.15) is 0 Å². The average molecular weight is 215 g/mol. The van der Waals surface area contributed by atoms with E-state index >= 15 is 0 Å². The molecule has 88 valence electrons. The zero-order valence-corrected chi connectivity index (χ0v) is 9.06. The van der Waals surface area contributed by atoms with Gasteiger partial charge in [0.05, 0.1) is 18.8 Å². The molecule has 3 N–H and O–H groups in total. The molecule has 15 heavy (non-hydrogen) atoms. The predicted octanol–water partition coefficient (Wildman–Crippen LogP) is -0.113. The normalized spacial score (nSPS) is 32.4. The van der Waals surface area contributed by atoms with Crippen molar-refractivity contribution in [1.29, 1.82) is 0 Å². The van der Waals surface area contributed by atoms with Gasteiger partial charge < -0.3 is 20.3 Å². The second kappa shape index (κ2) is 5.25. The summed E-state index contributed by atoms with van der Waals surface area (Å²) in [6, 6.07) is 0.387. The summed E-state index contributed by atoms with van der Waals surface area (Å²) in [6.45, 7) is 1.81. The highest BCUT2D eigenvalue weighted by Crippen LogP contribution is 2.28. The van der Waals surface area contributed by atoms with Crippen LogP contribution in [0.4, 0.5) is 0 Å². The first-order valence-electron chi connectivity index (χ1n) is 5.91. The summed E-state index contributed by atoms with van der Waals surface area (Å²) < 4.78 is 5.39. The molecular weight excluding hydrogens is 194 g/mol. The van der Waals surface area contributed by atoms with E-state index in [0.29, 0.717) is 19.2 Å². The smallest absolute Gasteiger partial charge is 0.0897 e. The first-order valence-corrected chi connectivity index (χ1v) is 5.91. The molecule has 0 aromatic heterocycles. The molecule has 2 fully saturated rings. The molecule has 0 saturated heterocycles. The van der Waals surface area contributed by atoms with Crippen LogP contribution in [0.3, 0.4) is 0 Å². The minimum absolute atomic E-state index is 0.134. The molecule has 0 bridgehead atoms. The molecule has 2 aliphatic rings. The van der Waals surface area contributed by atoms with Gasteiger partial charge in [0.2, 0.25) is 0 Å². The summed E-state index contributed by atoms with van der Waals surface area (Å²) in [7, 11) is 0. The van der Waals surface area contributed by atoms with E-state index in [9.17, 15) is 5.11 Å². The zero-order chi connectivity index (χ0) is 10.7. The fraction of sp³-hybridized carbons (Fsp3) is 1.00. The number of aliphatic hydroxyl groups is 2. The van der Waals surface area contributed by atoms with Gasteiger partial charge >= 0.3 is 0 Å². The third-order valence-corrected chi connectivity index (χ3v) is 3.12. The Bertz CT molecular complexity index is 190. The third kappa shape index (κ3) is 4.07. The van der Waals surface area contributed by atoms with Gasteiger partial charge in [-0.15, -0.1) is 0 Å². The molecule has 4 heteroatoms. The van der Waals surface area contributed by atoms with Crippen molar-refractivity contribution in [3.05, 3.63) is 0 Å². The lowest BCUT2D eigenvalue weighted by atomic mass is 9.89. The predicted molar refractivity (Wildman–Crippen MR) is 56.6 cm³/mol. The Hall–Kier alpha value is -0.160. The van der Waals surface area contributed by atoms with E-state index in [-0.39, 0.29) is 6.10 Å². The van der Waals surface area contributed by atoms with E-state index in [4.69, 9.17) is 9.84 Å². The standard InChI is InChI=1S/C11H21NO3/c13-10-3-9(4-10)12-5-11(14)7-15-6-8-1-2-8/h8-14H,1-7H2. The van der Waals surface area contributed by atoms with Gasteiger partial charge in [0.15, 0.2) is 0 Å². The largest absolute Gasteiger partial charge is 0.393 e. The number of hydrogen-bond donors (Lipinski definition) is 3.